The molecule has 2 rings (SSSR count). The van der Waals surface area contributed by atoms with Crippen molar-refractivity contribution in [1.29, 1.82) is 0 Å². The van der Waals surface area contributed by atoms with Crippen molar-refractivity contribution in [3.8, 4) is 0 Å². The summed E-state index contributed by atoms with van der Waals surface area (Å²) in [5, 5.41) is 3.47. The molecule has 1 aromatic carbocycles. The van der Waals surface area contributed by atoms with Crippen LogP contribution in [0.3, 0.4) is 0 Å². The summed E-state index contributed by atoms with van der Waals surface area (Å²) >= 11 is 0. The van der Waals surface area contributed by atoms with Crippen molar-refractivity contribution in [2.75, 3.05) is 33.3 Å². The van der Waals surface area contributed by atoms with Crippen molar-refractivity contribution >= 4 is 0 Å². The molecule has 3 nitrogen and oxygen atoms in total. The largest absolute Gasteiger partial charge is 0.376 e. The van der Waals surface area contributed by atoms with E-state index in [1.54, 1.807) is 0 Å². The van der Waals surface area contributed by atoms with Crippen molar-refractivity contribution in [3.05, 3.63) is 35.4 Å². The Balaban J connectivity index is 1.95. The Morgan fingerprint density at radius 1 is 1.29 bits per heavy atom. The zero-order valence-electron chi connectivity index (χ0n) is 13.8. The molecule has 1 saturated heterocycles. The topological polar surface area (TPSA) is 24.5 Å². The second-order valence-electron chi connectivity index (χ2n) is 5.99. The van der Waals surface area contributed by atoms with Crippen LogP contribution in [0.2, 0.25) is 0 Å². The number of aryl methyl sites for hydroxylation is 1. The molecule has 118 valence electrons. The van der Waals surface area contributed by atoms with Gasteiger partial charge in [0.25, 0.3) is 0 Å². The zero-order valence-corrected chi connectivity index (χ0v) is 13.8. The molecule has 1 heterocycles. The van der Waals surface area contributed by atoms with Gasteiger partial charge in [0.2, 0.25) is 0 Å². The van der Waals surface area contributed by atoms with E-state index in [9.17, 15) is 0 Å². The molecule has 0 aromatic heterocycles. The number of rotatable bonds is 7. The Morgan fingerprint density at radius 3 is 2.67 bits per heavy atom. The minimum Gasteiger partial charge on any atom is -0.376 e. The lowest BCUT2D eigenvalue weighted by Gasteiger charge is -2.34. The third kappa shape index (κ3) is 4.80. The molecule has 0 aliphatic carbocycles. The molecule has 1 aliphatic rings. The lowest BCUT2D eigenvalue weighted by atomic mass is 10.0. The Hall–Kier alpha value is -0.900. The summed E-state index contributed by atoms with van der Waals surface area (Å²) in [6, 6.07) is 9.51. The van der Waals surface area contributed by atoms with E-state index in [0.717, 1.165) is 32.7 Å². The van der Waals surface area contributed by atoms with E-state index in [1.807, 2.05) is 0 Å². The average Bonchev–Trinajstić information content (AvgIpc) is 2.54. The van der Waals surface area contributed by atoms with Gasteiger partial charge in [-0.05, 0) is 31.0 Å². The Morgan fingerprint density at radius 2 is 2.05 bits per heavy atom. The van der Waals surface area contributed by atoms with Crippen molar-refractivity contribution in [1.82, 2.24) is 10.2 Å². The first-order valence-corrected chi connectivity index (χ1v) is 8.36. The molecular weight excluding hydrogens is 260 g/mol. The summed E-state index contributed by atoms with van der Waals surface area (Å²) in [6.07, 6.45) is 3.89. The summed E-state index contributed by atoms with van der Waals surface area (Å²) in [4.78, 5) is 2.53. The monoisotopic (exact) mass is 290 g/mol. The van der Waals surface area contributed by atoms with Crippen LogP contribution in [0.4, 0.5) is 0 Å². The summed E-state index contributed by atoms with van der Waals surface area (Å²) in [5.41, 5.74) is 2.82. The number of ether oxygens (including phenoxy) is 1. The van der Waals surface area contributed by atoms with Crippen LogP contribution in [-0.2, 0) is 11.2 Å². The van der Waals surface area contributed by atoms with E-state index < -0.39 is 0 Å². The van der Waals surface area contributed by atoms with Crippen molar-refractivity contribution in [2.24, 2.45) is 0 Å². The molecular formula is C18H30N2O. The third-order valence-electron chi connectivity index (χ3n) is 4.39. The molecule has 1 fully saturated rings. The first-order valence-electron chi connectivity index (χ1n) is 8.36. The van der Waals surface area contributed by atoms with Gasteiger partial charge < -0.3 is 10.1 Å². The fraction of sp³-hybridized carbons (Fsp3) is 0.667. The number of nitrogens with zero attached hydrogens (tertiary/aromatic N) is 1. The lowest BCUT2D eigenvalue weighted by molar-refractivity contribution is -0.0320. The maximum absolute atomic E-state index is 5.76. The second-order valence-corrected chi connectivity index (χ2v) is 5.99. The molecule has 0 spiro atoms. The van der Waals surface area contributed by atoms with Crippen LogP contribution in [0.15, 0.2) is 24.3 Å². The van der Waals surface area contributed by atoms with Gasteiger partial charge in [0.05, 0.1) is 12.7 Å². The fourth-order valence-corrected chi connectivity index (χ4v) is 3.02. The standard InChI is InChI=1S/C18H30N2O/c1-4-6-15-7-9-16(10-8-15)18(19-3)14-20-11-12-21-17(5-2)13-20/h7-10,17-19H,4-6,11-14H2,1-3H3. The quantitative estimate of drug-likeness (QED) is 0.835. The maximum atomic E-state index is 5.76. The summed E-state index contributed by atoms with van der Waals surface area (Å²) in [5.74, 6) is 0. The lowest BCUT2D eigenvalue weighted by Crippen LogP contribution is -2.45. The highest BCUT2D eigenvalue weighted by Crippen LogP contribution is 2.18. The van der Waals surface area contributed by atoms with Crippen LogP contribution in [0.5, 0.6) is 0 Å². The van der Waals surface area contributed by atoms with Crippen LogP contribution in [0.25, 0.3) is 0 Å². The van der Waals surface area contributed by atoms with E-state index in [1.165, 1.54) is 24.0 Å². The van der Waals surface area contributed by atoms with Gasteiger partial charge in [-0.15, -0.1) is 0 Å². The minimum atomic E-state index is 0.399. The van der Waals surface area contributed by atoms with Gasteiger partial charge in [0.1, 0.15) is 0 Å². The molecule has 21 heavy (non-hydrogen) atoms. The van der Waals surface area contributed by atoms with E-state index in [-0.39, 0.29) is 0 Å². The average molecular weight is 290 g/mol. The van der Waals surface area contributed by atoms with Gasteiger partial charge >= 0.3 is 0 Å². The molecule has 2 unspecified atom stereocenters. The highest BCUT2D eigenvalue weighted by Gasteiger charge is 2.21. The van der Waals surface area contributed by atoms with Gasteiger partial charge in [-0.2, -0.15) is 0 Å². The van der Waals surface area contributed by atoms with Crippen LogP contribution in [-0.4, -0.2) is 44.3 Å². The highest BCUT2D eigenvalue weighted by molar-refractivity contribution is 5.25. The van der Waals surface area contributed by atoms with Gasteiger partial charge in [0, 0.05) is 25.7 Å². The van der Waals surface area contributed by atoms with E-state index in [2.05, 4.69) is 55.4 Å². The molecule has 0 bridgehead atoms. The summed E-state index contributed by atoms with van der Waals surface area (Å²) < 4.78 is 5.76. The number of likely N-dealkylation sites (N-methyl/N-ethyl adjacent to an activating group) is 1. The molecule has 1 N–H and O–H groups in total. The molecule has 1 aromatic rings. The number of nitrogens with one attached hydrogen (secondary N) is 1. The number of morpholine rings is 1. The van der Waals surface area contributed by atoms with E-state index >= 15 is 0 Å². The molecule has 2 atom stereocenters. The molecule has 1 aliphatic heterocycles. The molecule has 0 amide bonds. The highest BCUT2D eigenvalue weighted by atomic mass is 16.5. The summed E-state index contributed by atoms with van der Waals surface area (Å²) in [7, 11) is 2.06. The van der Waals surface area contributed by atoms with Gasteiger partial charge in [-0.25, -0.2) is 0 Å². The predicted molar refractivity (Wildman–Crippen MR) is 88.7 cm³/mol. The van der Waals surface area contributed by atoms with Crippen molar-refractivity contribution in [3.63, 3.8) is 0 Å². The number of hydrogen-bond acceptors (Lipinski definition) is 3. The zero-order chi connectivity index (χ0) is 15.1. The van der Waals surface area contributed by atoms with Crippen LogP contribution in [0.1, 0.15) is 43.9 Å². The van der Waals surface area contributed by atoms with E-state index in [0.29, 0.717) is 12.1 Å². The smallest absolute Gasteiger partial charge is 0.0700 e. The van der Waals surface area contributed by atoms with Crippen LogP contribution < -0.4 is 5.32 Å². The SMILES string of the molecule is CCCc1ccc(C(CN2CCOC(CC)C2)NC)cc1. The molecule has 3 heteroatoms. The number of benzene rings is 1. The Labute approximate surface area is 129 Å². The first-order chi connectivity index (χ1) is 10.3. The van der Waals surface area contributed by atoms with Gasteiger partial charge in [-0.3, -0.25) is 4.90 Å². The van der Waals surface area contributed by atoms with Gasteiger partial charge in [0.15, 0.2) is 0 Å². The molecule has 0 radical (unpaired) electrons. The molecule has 0 saturated carbocycles. The third-order valence-corrected chi connectivity index (χ3v) is 4.39. The fourth-order valence-electron chi connectivity index (χ4n) is 3.02. The Bertz CT molecular complexity index is 404. The normalized spacial score (nSPS) is 21.4. The summed E-state index contributed by atoms with van der Waals surface area (Å²) in [6.45, 7) is 8.46. The predicted octanol–water partition coefficient (Wildman–Crippen LogP) is 3.01. The minimum absolute atomic E-state index is 0.399. The van der Waals surface area contributed by atoms with E-state index in [4.69, 9.17) is 4.74 Å². The number of hydrogen-bond donors (Lipinski definition) is 1. The van der Waals surface area contributed by atoms with Crippen molar-refractivity contribution in [2.45, 2.75) is 45.3 Å². The second kappa shape index (κ2) is 8.52. The Kier molecular flexibility index (Phi) is 6.68. The van der Waals surface area contributed by atoms with Crippen LogP contribution >= 0.6 is 0 Å². The van der Waals surface area contributed by atoms with Crippen LogP contribution in [0, 0.1) is 0 Å². The first kappa shape index (κ1) is 16.5. The van der Waals surface area contributed by atoms with Crippen molar-refractivity contribution < 1.29 is 4.74 Å². The van der Waals surface area contributed by atoms with Gasteiger partial charge in [-0.1, -0.05) is 44.5 Å². The maximum Gasteiger partial charge on any atom is 0.0700 e.